The van der Waals surface area contributed by atoms with Gasteiger partial charge in [-0.05, 0) is 92.2 Å². The van der Waals surface area contributed by atoms with Gasteiger partial charge < -0.3 is 24.9 Å². The van der Waals surface area contributed by atoms with Gasteiger partial charge in [0, 0.05) is 39.7 Å². The normalized spacial score (nSPS) is 14.1. The van der Waals surface area contributed by atoms with Gasteiger partial charge in [0.2, 0.25) is 0 Å². The van der Waals surface area contributed by atoms with Gasteiger partial charge in [0.15, 0.2) is 0 Å². The number of nitrogens with one attached hydrogen (secondary N) is 2. The smallest absolute Gasteiger partial charge is 0.342 e. The molecule has 0 saturated heterocycles. The standard InChI is InChI=1S/C35H34N4O5/c1-8-19-15(3)22-12-24-17(5)21(10-11-28(40)41)32(38-24)30-31(35(43)44-7)34(42)29-18(6)25(39-33(29)30)14-27-20(9-2)16(4)23(37-27)13-26(19)36-22/h8,12-14,36,39,42H,1,9-11H2,2-7H3,(H,40,41). The van der Waals surface area contributed by atoms with E-state index < -0.39 is 11.9 Å². The number of carboxylic acid groups (broad SMARTS) is 1. The molecule has 0 fully saturated rings. The molecular formula is C35H34N4O5. The summed E-state index contributed by atoms with van der Waals surface area (Å²) in [4.78, 5) is 41.9. The molecule has 0 aromatic carbocycles. The summed E-state index contributed by atoms with van der Waals surface area (Å²) in [6.45, 7) is 14.0. The number of aliphatic hydroxyl groups is 1. The average molecular weight is 591 g/mol. The first kappa shape index (κ1) is 28.9. The van der Waals surface area contributed by atoms with Crippen molar-refractivity contribution in [2.24, 2.45) is 0 Å². The molecule has 3 aliphatic rings. The minimum Gasteiger partial charge on any atom is -0.506 e. The molecule has 0 unspecified atom stereocenters. The number of methoxy groups -OCH3 is 1. The molecule has 0 radical (unpaired) electrons. The SMILES string of the molecule is C=Cc1c(C)c2cc3nc(c4c5[nH]c(cc6nc(cc1[nH]2)C(C)=C6CC)c(C)c5C(O)=C4C(=O)OC)C(CCC(=O)O)=C3C. The molecule has 0 spiro atoms. The highest BCUT2D eigenvalue weighted by atomic mass is 16.5. The minimum atomic E-state index is -0.948. The number of nitrogens with zero attached hydrogens (tertiary/aromatic N) is 2. The molecule has 0 saturated carbocycles. The molecule has 8 bridgehead atoms. The molecule has 4 N–H and O–H groups in total. The Morgan fingerprint density at radius 3 is 2.20 bits per heavy atom. The molecule has 0 amide bonds. The Hall–Kier alpha value is -5.18. The van der Waals surface area contributed by atoms with Crippen LogP contribution >= 0.6 is 0 Å². The highest BCUT2D eigenvalue weighted by Gasteiger charge is 2.36. The number of carboxylic acids is 1. The van der Waals surface area contributed by atoms with Crippen molar-refractivity contribution >= 4 is 73.7 Å². The number of fused-ring (bicyclic) bond motifs is 8. The lowest BCUT2D eigenvalue weighted by atomic mass is 9.96. The number of esters is 1. The van der Waals surface area contributed by atoms with Gasteiger partial charge in [-0.15, -0.1) is 0 Å². The summed E-state index contributed by atoms with van der Waals surface area (Å²) in [5.41, 5.74) is 12.9. The fourth-order valence-corrected chi connectivity index (χ4v) is 6.55. The van der Waals surface area contributed by atoms with Crippen molar-refractivity contribution in [3.05, 3.63) is 75.4 Å². The van der Waals surface area contributed by atoms with Crippen molar-refractivity contribution < 1.29 is 24.5 Å². The number of H-pyrrole nitrogens is 2. The molecule has 6 rings (SSSR count). The number of aromatic nitrogens is 4. The number of ether oxygens (including phenoxy) is 1. The molecule has 44 heavy (non-hydrogen) atoms. The van der Waals surface area contributed by atoms with Gasteiger partial charge in [-0.3, -0.25) is 4.79 Å². The largest absolute Gasteiger partial charge is 0.506 e. The van der Waals surface area contributed by atoms with E-state index in [2.05, 4.69) is 30.4 Å². The number of aryl methyl sites for hydroxylation is 2. The molecule has 9 nitrogen and oxygen atoms in total. The maximum atomic E-state index is 13.2. The molecule has 2 aliphatic heterocycles. The Labute approximate surface area is 254 Å². The van der Waals surface area contributed by atoms with Gasteiger partial charge in [0.1, 0.15) is 11.3 Å². The summed E-state index contributed by atoms with van der Waals surface area (Å²) in [5, 5.41) is 21.1. The highest BCUT2D eigenvalue weighted by Crippen LogP contribution is 2.47. The molecule has 9 heteroatoms. The number of aliphatic carboxylic acids is 1. The molecule has 1 aliphatic carbocycles. The molecule has 224 valence electrons. The van der Waals surface area contributed by atoms with Crippen molar-refractivity contribution in [1.82, 2.24) is 19.9 Å². The maximum Gasteiger partial charge on any atom is 0.342 e. The van der Waals surface area contributed by atoms with Crippen molar-refractivity contribution in [3.63, 3.8) is 0 Å². The zero-order valence-corrected chi connectivity index (χ0v) is 25.7. The van der Waals surface area contributed by atoms with Crippen LogP contribution in [0.5, 0.6) is 0 Å². The minimum absolute atomic E-state index is 0.00848. The molecule has 0 atom stereocenters. The Kier molecular flexibility index (Phi) is 6.91. The van der Waals surface area contributed by atoms with Crippen LogP contribution in [-0.4, -0.2) is 49.2 Å². The third kappa shape index (κ3) is 4.22. The number of rotatable bonds is 6. The quantitative estimate of drug-likeness (QED) is 0.216. The van der Waals surface area contributed by atoms with Crippen LogP contribution in [0.2, 0.25) is 0 Å². The zero-order valence-electron chi connectivity index (χ0n) is 25.7. The molecule has 3 aromatic heterocycles. The van der Waals surface area contributed by atoms with E-state index in [4.69, 9.17) is 14.7 Å². The number of carbonyl (C=O) groups excluding carboxylic acids is 1. The van der Waals surface area contributed by atoms with Crippen LogP contribution in [0.15, 0.2) is 24.8 Å². The van der Waals surface area contributed by atoms with E-state index in [0.717, 1.165) is 67.8 Å². The second-order valence-corrected chi connectivity index (χ2v) is 11.3. The maximum absolute atomic E-state index is 13.2. The lowest BCUT2D eigenvalue weighted by molar-refractivity contribution is -0.137. The Balaban J connectivity index is 1.85. The topological polar surface area (TPSA) is 141 Å². The Bertz CT molecular complexity index is 2100. The fourth-order valence-electron chi connectivity index (χ4n) is 6.55. The average Bonchev–Trinajstić information content (AvgIpc) is 3.72. The Morgan fingerprint density at radius 1 is 0.909 bits per heavy atom. The molecular weight excluding hydrogens is 556 g/mol. The predicted octanol–water partition coefficient (Wildman–Crippen LogP) is 7.62. The van der Waals surface area contributed by atoms with Crippen LogP contribution < -0.4 is 0 Å². The van der Waals surface area contributed by atoms with Gasteiger partial charge in [-0.2, -0.15) is 0 Å². The number of hydrogen-bond acceptors (Lipinski definition) is 6. The predicted molar refractivity (Wildman–Crippen MR) is 174 cm³/mol. The summed E-state index contributed by atoms with van der Waals surface area (Å²) in [6, 6.07) is 5.94. The number of hydrogen-bond donors (Lipinski definition) is 4. The van der Waals surface area contributed by atoms with Gasteiger partial charge in [0.05, 0.1) is 35.4 Å². The summed E-state index contributed by atoms with van der Waals surface area (Å²) < 4.78 is 5.12. The first-order valence-electron chi connectivity index (χ1n) is 14.6. The van der Waals surface area contributed by atoms with E-state index >= 15 is 0 Å². The van der Waals surface area contributed by atoms with Crippen molar-refractivity contribution in [2.75, 3.05) is 7.11 Å². The third-order valence-corrected chi connectivity index (χ3v) is 8.99. The number of aromatic amines is 2. The van der Waals surface area contributed by atoms with Crippen LogP contribution in [0.25, 0.3) is 61.8 Å². The van der Waals surface area contributed by atoms with Gasteiger partial charge in [-0.25, -0.2) is 14.8 Å². The van der Waals surface area contributed by atoms with Gasteiger partial charge in [-0.1, -0.05) is 19.6 Å². The first-order chi connectivity index (χ1) is 21.0. The van der Waals surface area contributed by atoms with E-state index in [0.29, 0.717) is 33.6 Å². The van der Waals surface area contributed by atoms with E-state index in [1.165, 1.54) is 7.11 Å². The van der Waals surface area contributed by atoms with Crippen LogP contribution in [0.4, 0.5) is 0 Å². The summed E-state index contributed by atoms with van der Waals surface area (Å²) in [6.07, 6.45) is 2.65. The van der Waals surface area contributed by atoms with Crippen LogP contribution in [0.1, 0.15) is 90.6 Å². The van der Waals surface area contributed by atoms with Gasteiger partial charge >= 0.3 is 11.9 Å². The molecule has 3 aromatic rings. The summed E-state index contributed by atoms with van der Waals surface area (Å²) in [5.74, 6) is -1.86. The van der Waals surface area contributed by atoms with E-state index in [-0.39, 0.29) is 24.2 Å². The van der Waals surface area contributed by atoms with Crippen LogP contribution in [-0.2, 0) is 14.3 Å². The summed E-state index contributed by atoms with van der Waals surface area (Å²) in [7, 11) is 1.26. The van der Waals surface area contributed by atoms with E-state index in [1.807, 2.05) is 45.0 Å². The Morgan fingerprint density at radius 2 is 1.55 bits per heavy atom. The molecule has 5 heterocycles. The number of aliphatic hydroxyl groups excluding tert-OH is 1. The van der Waals surface area contributed by atoms with Crippen molar-refractivity contribution in [1.29, 1.82) is 0 Å². The highest BCUT2D eigenvalue weighted by molar-refractivity contribution is 6.31. The van der Waals surface area contributed by atoms with Crippen LogP contribution in [0, 0.1) is 13.8 Å². The van der Waals surface area contributed by atoms with Crippen LogP contribution in [0.3, 0.4) is 0 Å². The third-order valence-electron chi connectivity index (χ3n) is 8.99. The van der Waals surface area contributed by atoms with E-state index in [1.54, 1.807) is 0 Å². The lowest BCUT2D eigenvalue weighted by Crippen LogP contribution is -2.06. The number of carbonyl (C=O) groups is 2. The second-order valence-electron chi connectivity index (χ2n) is 11.3. The second kappa shape index (κ2) is 10.5. The van der Waals surface area contributed by atoms with Crippen molar-refractivity contribution in [2.45, 2.75) is 53.9 Å². The van der Waals surface area contributed by atoms with Crippen molar-refractivity contribution in [3.8, 4) is 0 Å². The first-order valence-corrected chi connectivity index (χ1v) is 14.6. The monoisotopic (exact) mass is 590 g/mol. The lowest BCUT2D eigenvalue weighted by Gasteiger charge is -2.09. The zero-order chi connectivity index (χ0) is 31.6. The summed E-state index contributed by atoms with van der Waals surface area (Å²) >= 11 is 0. The number of allylic oxidation sites excluding steroid dienone is 4. The van der Waals surface area contributed by atoms with Gasteiger partial charge in [0.25, 0.3) is 0 Å². The van der Waals surface area contributed by atoms with E-state index in [9.17, 15) is 19.8 Å². The fraction of sp³-hybridized carbons (Fsp3) is 0.257.